The Labute approximate surface area is 112 Å². The normalized spacial score (nSPS) is 19.4. The summed E-state index contributed by atoms with van der Waals surface area (Å²) in [4.78, 5) is 12.4. The van der Waals surface area contributed by atoms with Crippen molar-refractivity contribution in [3.05, 3.63) is 28.3 Å². The quantitative estimate of drug-likeness (QED) is 0.512. The van der Waals surface area contributed by atoms with Crippen LogP contribution in [0.5, 0.6) is 0 Å². The first-order valence-electron chi connectivity index (χ1n) is 6.52. The van der Waals surface area contributed by atoms with Crippen molar-refractivity contribution in [3.8, 4) is 0 Å². The van der Waals surface area contributed by atoms with Crippen LogP contribution in [0.25, 0.3) is 0 Å². The third kappa shape index (κ3) is 3.14. The molecule has 1 aromatic rings. The highest BCUT2D eigenvalue weighted by molar-refractivity contribution is 5.66. The standard InChI is InChI=1S/C13H19N3O3/c1-2-19-11-4-3-7-15(9-11)10-5-6-13(16(17)18)12(14)8-10/h5-6,8,11H,2-4,7,9,14H2,1H3. The zero-order valence-electron chi connectivity index (χ0n) is 11.0. The van der Waals surface area contributed by atoms with Gasteiger partial charge in [-0.15, -0.1) is 0 Å². The summed E-state index contributed by atoms with van der Waals surface area (Å²) in [5, 5.41) is 10.7. The Hall–Kier alpha value is -1.82. The van der Waals surface area contributed by atoms with Crippen LogP contribution in [0, 0.1) is 10.1 Å². The zero-order chi connectivity index (χ0) is 13.8. The van der Waals surface area contributed by atoms with Crippen molar-refractivity contribution in [2.75, 3.05) is 30.3 Å². The predicted molar refractivity (Wildman–Crippen MR) is 74.4 cm³/mol. The highest BCUT2D eigenvalue weighted by Crippen LogP contribution is 2.29. The van der Waals surface area contributed by atoms with E-state index in [1.54, 1.807) is 12.1 Å². The number of nitro groups is 1. The molecule has 1 aliphatic heterocycles. The van der Waals surface area contributed by atoms with Crippen LogP contribution in [0.15, 0.2) is 18.2 Å². The van der Waals surface area contributed by atoms with E-state index in [9.17, 15) is 10.1 Å². The third-order valence-corrected chi connectivity index (χ3v) is 3.35. The Morgan fingerprint density at radius 3 is 3.00 bits per heavy atom. The molecule has 1 aliphatic rings. The van der Waals surface area contributed by atoms with Gasteiger partial charge < -0.3 is 15.4 Å². The van der Waals surface area contributed by atoms with E-state index in [-0.39, 0.29) is 17.5 Å². The van der Waals surface area contributed by atoms with Crippen LogP contribution in [0.3, 0.4) is 0 Å². The summed E-state index contributed by atoms with van der Waals surface area (Å²) in [7, 11) is 0. The second kappa shape index (κ2) is 5.88. The van der Waals surface area contributed by atoms with Gasteiger partial charge in [0.1, 0.15) is 5.69 Å². The first-order valence-corrected chi connectivity index (χ1v) is 6.52. The Bertz CT molecular complexity index is 462. The van der Waals surface area contributed by atoms with Crippen molar-refractivity contribution in [1.82, 2.24) is 0 Å². The van der Waals surface area contributed by atoms with Crippen molar-refractivity contribution in [3.63, 3.8) is 0 Å². The lowest BCUT2D eigenvalue weighted by Crippen LogP contribution is -2.39. The van der Waals surface area contributed by atoms with Crippen LogP contribution in [-0.2, 0) is 4.74 Å². The van der Waals surface area contributed by atoms with Gasteiger partial charge in [-0.3, -0.25) is 10.1 Å². The molecule has 1 aromatic carbocycles. The molecule has 0 amide bonds. The number of anilines is 2. The van der Waals surface area contributed by atoms with E-state index in [2.05, 4.69) is 4.90 Å². The summed E-state index contributed by atoms with van der Waals surface area (Å²) in [6, 6.07) is 4.89. The average molecular weight is 265 g/mol. The lowest BCUT2D eigenvalue weighted by atomic mass is 10.1. The molecule has 0 aromatic heterocycles. The molecule has 1 atom stereocenters. The number of ether oxygens (including phenoxy) is 1. The zero-order valence-corrected chi connectivity index (χ0v) is 11.0. The maximum atomic E-state index is 10.7. The van der Waals surface area contributed by atoms with Gasteiger partial charge in [-0.2, -0.15) is 0 Å². The first-order chi connectivity index (χ1) is 9.11. The number of nitrogen functional groups attached to an aromatic ring is 1. The van der Waals surface area contributed by atoms with Crippen molar-refractivity contribution in [1.29, 1.82) is 0 Å². The van der Waals surface area contributed by atoms with E-state index in [1.807, 2.05) is 6.92 Å². The molecule has 0 saturated carbocycles. The minimum atomic E-state index is -0.460. The number of hydrogen-bond acceptors (Lipinski definition) is 5. The van der Waals surface area contributed by atoms with Gasteiger partial charge in [0.2, 0.25) is 0 Å². The number of nitrogens with zero attached hydrogens (tertiary/aromatic N) is 2. The number of nitro benzene ring substituents is 1. The minimum Gasteiger partial charge on any atom is -0.393 e. The monoisotopic (exact) mass is 265 g/mol. The van der Waals surface area contributed by atoms with Gasteiger partial charge in [-0.1, -0.05) is 0 Å². The van der Waals surface area contributed by atoms with Crippen LogP contribution in [0.1, 0.15) is 19.8 Å². The molecule has 0 aliphatic carbocycles. The van der Waals surface area contributed by atoms with Gasteiger partial charge in [0.15, 0.2) is 0 Å². The summed E-state index contributed by atoms with van der Waals surface area (Å²) < 4.78 is 5.65. The molecular weight excluding hydrogens is 246 g/mol. The molecule has 1 unspecified atom stereocenters. The molecule has 6 nitrogen and oxygen atoms in total. The molecule has 1 fully saturated rings. The molecule has 0 spiro atoms. The maximum absolute atomic E-state index is 10.7. The fourth-order valence-electron chi connectivity index (χ4n) is 2.45. The third-order valence-electron chi connectivity index (χ3n) is 3.35. The van der Waals surface area contributed by atoms with Crippen LogP contribution in [-0.4, -0.2) is 30.7 Å². The molecule has 2 rings (SSSR count). The highest BCUT2D eigenvalue weighted by Gasteiger charge is 2.21. The molecule has 0 bridgehead atoms. The van der Waals surface area contributed by atoms with Crippen LogP contribution >= 0.6 is 0 Å². The average Bonchev–Trinajstić information content (AvgIpc) is 2.39. The smallest absolute Gasteiger partial charge is 0.292 e. The number of piperidine rings is 1. The van der Waals surface area contributed by atoms with Crippen molar-refractivity contribution < 1.29 is 9.66 Å². The van der Waals surface area contributed by atoms with E-state index in [4.69, 9.17) is 10.5 Å². The lowest BCUT2D eigenvalue weighted by Gasteiger charge is -2.34. The summed E-state index contributed by atoms with van der Waals surface area (Å²) in [6.45, 7) is 4.44. The van der Waals surface area contributed by atoms with E-state index >= 15 is 0 Å². The van der Waals surface area contributed by atoms with Gasteiger partial charge in [0, 0.05) is 31.5 Å². The van der Waals surface area contributed by atoms with Crippen molar-refractivity contribution in [2.24, 2.45) is 0 Å². The van der Waals surface area contributed by atoms with E-state index in [1.165, 1.54) is 6.07 Å². The molecule has 19 heavy (non-hydrogen) atoms. The van der Waals surface area contributed by atoms with E-state index in [0.29, 0.717) is 6.61 Å². The maximum Gasteiger partial charge on any atom is 0.292 e. The highest BCUT2D eigenvalue weighted by atomic mass is 16.6. The summed E-state index contributed by atoms with van der Waals surface area (Å²) in [5.41, 5.74) is 6.82. The Morgan fingerprint density at radius 1 is 1.58 bits per heavy atom. The lowest BCUT2D eigenvalue weighted by molar-refractivity contribution is -0.383. The van der Waals surface area contributed by atoms with Gasteiger partial charge in [-0.25, -0.2) is 0 Å². The molecular formula is C13H19N3O3. The molecule has 104 valence electrons. The SMILES string of the molecule is CCOC1CCCN(c2ccc([N+](=O)[O-])c(N)c2)C1. The molecule has 1 saturated heterocycles. The van der Waals surface area contributed by atoms with E-state index < -0.39 is 4.92 Å². The van der Waals surface area contributed by atoms with Crippen LogP contribution < -0.4 is 10.6 Å². The predicted octanol–water partition coefficient (Wildman–Crippen LogP) is 2.18. The van der Waals surface area contributed by atoms with Crippen molar-refractivity contribution in [2.45, 2.75) is 25.9 Å². The van der Waals surface area contributed by atoms with Crippen LogP contribution in [0.2, 0.25) is 0 Å². The van der Waals surface area contributed by atoms with Gasteiger partial charge >= 0.3 is 0 Å². The number of nitrogens with two attached hydrogens (primary N) is 1. The molecule has 0 radical (unpaired) electrons. The summed E-state index contributed by atoms with van der Waals surface area (Å²) in [5.74, 6) is 0. The fourth-order valence-corrected chi connectivity index (χ4v) is 2.45. The fraction of sp³-hybridized carbons (Fsp3) is 0.538. The first kappa shape index (κ1) is 13.6. The second-order valence-electron chi connectivity index (χ2n) is 4.67. The molecule has 1 heterocycles. The van der Waals surface area contributed by atoms with Gasteiger partial charge in [0.05, 0.1) is 11.0 Å². The van der Waals surface area contributed by atoms with Crippen LogP contribution in [0.4, 0.5) is 17.1 Å². The summed E-state index contributed by atoms with van der Waals surface area (Å²) >= 11 is 0. The Kier molecular flexibility index (Phi) is 4.21. The molecule has 6 heteroatoms. The second-order valence-corrected chi connectivity index (χ2v) is 4.67. The van der Waals surface area contributed by atoms with E-state index in [0.717, 1.165) is 31.6 Å². The Balaban J connectivity index is 2.13. The van der Waals surface area contributed by atoms with Gasteiger partial charge in [0.25, 0.3) is 5.69 Å². The minimum absolute atomic E-state index is 0.0397. The number of rotatable bonds is 4. The largest absolute Gasteiger partial charge is 0.393 e. The molecule has 2 N–H and O–H groups in total. The topological polar surface area (TPSA) is 81.6 Å². The summed E-state index contributed by atoms with van der Waals surface area (Å²) in [6.07, 6.45) is 2.35. The van der Waals surface area contributed by atoms with Crippen molar-refractivity contribution >= 4 is 17.1 Å². The number of benzene rings is 1. The van der Waals surface area contributed by atoms with Gasteiger partial charge in [-0.05, 0) is 31.9 Å². The Morgan fingerprint density at radius 2 is 2.37 bits per heavy atom. The number of hydrogen-bond donors (Lipinski definition) is 1.